The molecule has 0 spiro atoms. The van der Waals surface area contributed by atoms with Crippen LogP contribution in [-0.4, -0.2) is 54.2 Å². The lowest BCUT2D eigenvalue weighted by molar-refractivity contribution is -0.0867. The molecule has 2 aliphatic rings. The van der Waals surface area contributed by atoms with Gasteiger partial charge in [-0.3, -0.25) is 19.8 Å². The zero-order chi connectivity index (χ0) is 37.3. The van der Waals surface area contributed by atoms with E-state index in [1.807, 2.05) is 60.7 Å². The summed E-state index contributed by atoms with van der Waals surface area (Å²) in [7, 11) is 0. The zero-order valence-electron chi connectivity index (χ0n) is 28.4. The van der Waals surface area contributed by atoms with Gasteiger partial charge < -0.3 is 9.47 Å². The van der Waals surface area contributed by atoms with Crippen molar-refractivity contribution in [1.29, 1.82) is 0 Å². The second-order valence-corrected chi connectivity index (χ2v) is 13.1. The van der Waals surface area contributed by atoms with Crippen LogP contribution >= 0.6 is 0 Å². The molecule has 2 heterocycles. The van der Waals surface area contributed by atoms with Crippen molar-refractivity contribution in [2.45, 2.75) is 56.8 Å². The number of halogens is 4. The smallest absolute Gasteiger partial charge is 0.269 e. The molecule has 1 atom stereocenters. The van der Waals surface area contributed by atoms with Crippen molar-refractivity contribution in [2.75, 3.05) is 0 Å². The van der Waals surface area contributed by atoms with Crippen molar-refractivity contribution in [3.63, 3.8) is 0 Å². The van der Waals surface area contributed by atoms with Crippen LogP contribution in [0.3, 0.4) is 0 Å². The maximum Gasteiger partial charge on any atom is 0.269 e. The van der Waals surface area contributed by atoms with Gasteiger partial charge in [-0.2, -0.15) is 0 Å². The fourth-order valence-corrected chi connectivity index (χ4v) is 6.02. The lowest BCUT2D eigenvalue weighted by atomic mass is 9.76. The monoisotopic (exact) mass is 724 g/mol. The molecule has 0 radical (unpaired) electrons. The Morgan fingerprint density at radius 3 is 1.28 bits per heavy atom. The van der Waals surface area contributed by atoms with E-state index in [1.165, 1.54) is 13.8 Å². The fourth-order valence-electron chi connectivity index (χ4n) is 6.02. The van der Waals surface area contributed by atoms with Crippen molar-refractivity contribution in [2.24, 2.45) is 0 Å². The summed E-state index contributed by atoms with van der Waals surface area (Å²) in [5, 5.41) is 19.7. The summed E-state index contributed by atoms with van der Waals surface area (Å²) in [5.74, 6) is -4.89. The number of nitrogens with zero attached hydrogens (tertiary/aromatic N) is 4. The quantitative estimate of drug-likeness (QED) is 0.105. The van der Waals surface area contributed by atoms with Crippen LogP contribution in [-0.2, 0) is 0 Å². The number of hydrogen-bond donors (Lipinski definition) is 2. The van der Waals surface area contributed by atoms with Gasteiger partial charge in [0.1, 0.15) is 11.5 Å². The minimum absolute atomic E-state index is 0.0530. The molecule has 2 aromatic heterocycles. The second-order valence-electron chi connectivity index (χ2n) is 13.1. The number of aromatic amines is 2. The molecule has 0 bridgehead atoms. The Morgan fingerprint density at radius 1 is 0.585 bits per heavy atom. The van der Waals surface area contributed by atoms with Crippen molar-refractivity contribution in [1.82, 2.24) is 30.8 Å². The molecular weight excluding hydrogens is 692 g/mol. The van der Waals surface area contributed by atoms with Gasteiger partial charge in [0.2, 0.25) is 5.92 Å². The molecule has 8 rings (SSSR count). The van der Waals surface area contributed by atoms with Crippen LogP contribution in [0.25, 0.3) is 22.3 Å². The van der Waals surface area contributed by atoms with Crippen molar-refractivity contribution < 1.29 is 36.6 Å². The van der Waals surface area contributed by atoms with Crippen molar-refractivity contribution in [3.05, 3.63) is 120 Å². The molecule has 2 N–H and O–H groups in total. The van der Waals surface area contributed by atoms with Gasteiger partial charge in [-0.15, -0.1) is 0 Å². The first-order valence-electron chi connectivity index (χ1n) is 16.7. The SMILES string of the molecule is CC(=O)c1[nH]nnc1Oc1ccc(-c2ccc(C3CC(F)(F)C3)cc2)cc1.CC(=O)c1[nH]nnc1Oc1ccc(-c2ccc(C3CC3(F)F)cc2)cc1. The molecule has 270 valence electrons. The molecule has 10 nitrogen and oxygen atoms in total. The molecule has 14 heteroatoms. The third-order valence-electron chi connectivity index (χ3n) is 9.15. The number of ether oxygens (including phenoxy) is 2. The molecule has 6 aromatic rings. The highest BCUT2D eigenvalue weighted by atomic mass is 19.3. The van der Waals surface area contributed by atoms with Gasteiger partial charge in [0.15, 0.2) is 23.0 Å². The minimum Gasteiger partial charge on any atom is -0.436 e. The summed E-state index contributed by atoms with van der Waals surface area (Å²) in [5.41, 5.74) is 5.86. The third kappa shape index (κ3) is 8.01. The van der Waals surface area contributed by atoms with Gasteiger partial charge in [-0.1, -0.05) is 93.4 Å². The number of ketones is 2. The molecule has 4 aromatic carbocycles. The molecule has 0 aliphatic heterocycles. The van der Waals surface area contributed by atoms with Gasteiger partial charge in [0.05, 0.1) is 5.92 Å². The van der Waals surface area contributed by atoms with Gasteiger partial charge in [-0.05, 0) is 63.6 Å². The standard InChI is InChI=1S/C20H17F2N3O2.C19H15F2N3O2/c1-12(26)18-19(24-25-23-18)27-17-8-6-14(7-9-17)13-2-4-15(5-3-13)16-10-20(21,22)11-16;1-11(25)17-18(23-24-22-17)26-15-8-6-13(7-9-15)12-2-4-14(5-3-12)16-10-19(16,20)21/h2-9,16H,10-11H2,1H3,(H,23,24,25);2-9,16H,10H2,1H3,(H,22,23,24). The summed E-state index contributed by atoms with van der Waals surface area (Å²) in [4.78, 5) is 22.9. The van der Waals surface area contributed by atoms with E-state index < -0.39 is 17.8 Å². The minimum atomic E-state index is -2.56. The normalized spacial score (nSPS) is 16.8. The van der Waals surface area contributed by atoms with E-state index in [9.17, 15) is 27.2 Å². The summed E-state index contributed by atoms with van der Waals surface area (Å²) in [6.07, 6.45) is -0.200. The van der Waals surface area contributed by atoms with Crippen LogP contribution in [0.4, 0.5) is 17.6 Å². The number of rotatable bonds is 10. The van der Waals surface area contributed by atoms with E-state index in [1.54, 1.807) is 36.4 Å². The highest BCUT2D eigenvalue weighted by Gasteiger charge is 2.57. The Hall–Kier alpha value is -6.18. The Kier molecular flexibility index (Phi) is 9.37. The Labute approximate surface area is 300 Å². The van der Waals surface area contributed by atoms with Crippen LogP contribution in [0.5, 0.6) is 23.3 Å². The highest BCUT2D eigenvalue weighted by molar-refractivity contribution is 5.94. The van der Waals surface area contributed by atoms with Gasteiger partial charge in [0.25, 0.3) is 17.7 Å². The number of alkyl halides is 4. The number of carbonyl (C=O) groups is 2. The average molecular weight is 725 g/mol. The first-order chi connectivity index (χ1) is 25.3. The summed E-state index contributed by atoms with van der Waals surface area (Å²) in [6.45, 7) is 2.80. The maximum absolute atomic E-state index is 13.1. The molecule has 0 saturated heterocycles. The number of benzene rings is 4. The molecule has 1 unspecified atom stereocenters. The Balaban J connectivity index is 0.000000164. The topological polar surface area (TPSA) is 136 Å². The number of Topliss-reactive ketones (excluding diaryl/α,β-unsaturated/α-hetero) is 2. The van der Waals surface area contributed by atoms with Crippen molar-refractivity contribution >= 4 is 11.6 Å². The average Bonchev–Trinajstić information content (AvgIpc) is 3.45. The zero-order valence-corrected chi connectivity index (χ0v) is 28.4. The predicted octanol–water partition coefficient (Wildman–Crippen LogP) is 9.57. The lowest BCUT2D eigenvalue weighted by Crippen LogP contribution is -2.33. The van der Waals surface area contributed by atoms with E-state index >= 15 is 0 Å². The molecule has 0 amide bonds. The van der Waals surface area contributed by atoms with Crippen LogP contribution < -0.4 is 9.47 Å². The van der Waals surface area contributed by atoms with Crippen molar-refractivity contribution in [3.8, 4) is 45.5 Å². The van der Waals surface area contributed by atoms with Gasteiger partial charge >= 0.3 is 0 Å². The van der Waals surface area contributed by atoms with E-state index in [4.69, 9.17) is 9.47 Å². The van der Waals surface area contributed by atoms with Gasteiger partial charge in [0, 0.05) is 33.1 Å². The van der Waals surface area contributed by atoms with E-state index in [0.717, 1.165) is 27.8 Å². The van der Waals surface area contributed by atoms with Crippen LogP contribution in [0.15, 0.2) is 97.1 Å². The first kappa shape index (κ1) is 35.2. The van der Waals surface area contributed by atoms with E-state index in [0.29, 0.717) is 17.1 Å². The number of nitrogens with one attached hydrogen (secondary N) is 2. The highest BCUT2D eigenvalue weighted by Crippen LogP contribution is 2.55. The van der Waals surface area contributed by atoms with E-state index in [-0.39, 0.29) is 59.9 Å². The van der Waals surface area contributed by atoms with Crippen LogP contribution in [0.2, 0.25) is 0 Å². The summed E-state index contributed by atoms with van der Waals surface area (Å²) >= 11 is 0. The van der Waals surface area contributed by atoms with E-state index in [2.05, 4.69) is 30.8 Å². The predicted molar refractivity (Wildman–Crippen MR) is 186 cm³/mol. The van der Waals surface area contributed by atoms with Gasteiger partial charge in [-0.25, -0.2) is 17.6 Å². The number of hydrogen-bond acceptors (Lipinski definition) is 8. The number of aromatic nitrogens is 6. The maximum atomic E-state index is 13.1. The largest absolute Gasteiger partial charge is 0.436 e. The summed E-state index contributed by atoms with van der Waals surface area (Å²) in [6, 6.07) is 29.4. The van der Waals surface area contributed by atoms with Crippen LogP contribution in [0, 0.1) is 0 Å². The fraction of sp³-hybridized carbons (Fsp3) is 0.231. The number of H-pyrrole nitrogens is 2. The molecular formula is C39H32F4N6O4. The third-order valence-corrected chi connectivity index (χ3v) is 9.15. The first-order valence-corrected chi connectivity index (χ1v) is 16.7. The summed E-state index contributed by atoms with van der Waals surface area (Å²) < 4.78 is 63.5. The Morgan fingerprint density at radius 2 is 0.943 bits per heavy atom. The van der Waals surface area contributed by atoms with Crippen LogP contribution in [0.1, 0.15) is 77.0 Å². The molecule has 2 fully saturated rings. The number of carbonyl (C=O) groups excluding carboxylic acids is 2. The second kappa shape index (κ2) is 14.1. The molecule has 2 aliphatic carbocycles. The Bertz CT molecular complexity index is 2230. The molecule has 2 saturated carbocycles. The lowest BCUT2D eigenvalue weighted by Gasteiger charge is -2.35. The molecule has 53 heavy (non-hydrogen) atoms.